The maximum Gasteiger partial charge on any atom is 0.366 e. The van der Waals surface area contributed by atoms with Crippen LogP contribution >= 0.6 is 0 Å². The molecule has 2 rings (SSSR count). The van der Waals surface area contributed by atoms with Crippen LogP contribution in [0.15, 0.2) is 72.6 Å². The van der Waals surface area contributed by atoms with Crippen molar-refractivity contribution in [3.63, 3.8) is 0 Å². The summed E-state index contributed by atoms with van der Waals surface area (Å²) < 4.78 is 24.5. The zero-order valence-electron chi connectivity index (χ0n) is 14.4. The Labute approximate surface area is 148 Å². The third-order valence-electron chi connectivity index (χ3n) is 3.64. The van der Waals surface area contributed by atoms with Crippen molar-refractivity contribution in [1.82, 2.24) is 0 Å². The maximum absolute atomic E-state index is 14.0. The summed E-state index contributed by atoms with van der Waals surface area (Å²) in [6.07, 6.45) is 1.89. The molecule has 2 aromatic rings. The predicted molar refractivity (Wildman–Crippen MR) is 95.6 cm³/mol. The number of hydrogen-bond donors (Lipinski definition) is 0. The van der Waals surface area contributed by atoms with E-state index >= 15 is 0 Å². The third kappa shape index (κ3) is 6.89. The Bertz CT molecular complexity index is 668. The van der Waals surface area contributed by atoms with E-state index in [1.54, 1.807) is 6.92 Å². The fourth-order valence-corrected chi connectivity index (χ4v) is 2.46. The van der Waals surface area contributed by atoms with Crippen molar-refractivity contribution in [3.05, 3.63) is 83.7 Å². The highest BCUT2D eigenvalue weighted by atomic mass is 19.1. The van der Waals surface area contributed by atoms with Gasteiger partial charge in [-0.25, -0.2) is 4.79 Å². The van der Waals surface area contributed by atoms with Crippen LogP contribution in [0, 0.1) is 5.92 Å². The maximum atomic E-state index is 14.0. The molecule has 0 aliphatic carbocycles. The molecule has 2 aromatic carbocycles. The average molecular weight is 342 g/mol. The quantitative estimate of drug-likeness (QED) is 0.498. The van der Waals surface area contributed by atoms with Crippen LogP contribution in [-0.2, 0) is 27.3 Å². The van der Waals surface area contributed by atoms with Gasteiger partial charge in [-0.2, -0.15) is 4.39 Å². The lowest BCUT2D eigenvalue weighted by molar-refractivity contribution is -0.140. The van der Waals surface area contributed by atoms with Crippen molar-refractivity contribution in [2.45, 2.75) is 20.0 Å². The molecule has 3 nitrogen and oxygen atoms in total. The Morgan fingerprint density at radius 3 is 2.24 bits per heavy atom. The minimum Gasteiger partial charge on any atom is -0.461 e. The monoisotopic (exact) mass is 342 g/mol. The van der Waals surface area contributed by atoms with Crippen LogP contribution in [0.2, 0.25) is 0 Å². The minimum atomic E-state index is -0.927. The fourth-order valence-electron chi connectivity index (χ4n) is 2.46. The first-order valence-electron chi connectivity index (χ1n) is 8.39. The number of esters is 1. The van der Waals surface area contributed by atoms with Gasteiger partial charge in [0.2, 0.25) is 5.83 Å². The Hall–Kier alpha value is -2.46. The van der Waals surface area contributed by atoms with Gasteiger partial charge in [0.15, 0.2) is 0 Å². The Morgan fingerprint density at radius 1 is 1.04 bits per heavy atom. The minimum absolute atomic E-state index is 0.147. The molecular formula is C21H23FO3. The van der Waals surface area contributed by atoms with Gasteiger partial charge in [0.1, 0.15) is 0 Å². The van der Waals surface area contributed by atoms with Crippen LogP contribution in [0.4, 0.5) is 4.39 Å². The molecule has 0 radical (unpaired) electrons. The summed E-state index contributed by atoms with van der Waals surface area (Å²) in [5.41, 5.74) is 2.11. The number of hydrogen-bond acceptors (Lipinski definition) is 3. The zero-order valence-corrected chi connectivity index (χ0v) is 14.4. The molecule has 0 aliphatic heterocycles. The van der Waals surface area contributed by atoms with Crippen LogP contribution in [0.5, 0.6) is 0 Å². The summed E-state index contributed by atoms with van der Waals surface area (Å²) in [6, 6.07) is 19.5. The second kappa shape index (κ2) is 10.4. The van der Waals surface area contributed by atoms with Crippen LogP contribution in [0.3, 0.4) is 0 Å². The van der Waals surface area contributed by atoms with Gasteiger partial charge >= 0.3 is 5.97 Å². The predicted octanol–water partition coefficient (Wildman–Crippen LogP) is 4.48. The molecule has 0 aliphatic rings. The first kappa shape index (κ1) is 18.9. The summed E-state index contributed by atoms with van der Waals surface area (Å²) in [4.78, 5) is 11.5. The van der Waals surface area contributed by atoms with E-state index in [9.17, 15) is 9.18 Å². The molecule has 0 N–H and O–H groups in total. The van der Waals surface area contributed by atoms with Crippen LogP contribution in [-0.4, -0.2) is 19.2 Å². The largest absolute Gasteiger partial charge is 0.461 e. The molecule has 0 heterocycles. The number of ether oxygens (including phenoxy) is 2. The Kier molecular flexibility index (Phi) is 7.86. The molecule has 0 saturated heterocycles. The van der Waals surface area contributed by atoms with E-state index in [1.807, 2.05) is 60.7 Å². The normalized spacial score (nSPS) is 12.6. The van der Waals surface area contributed by atoms with Gasteiger partial charge in [-0.05, 0) is 30.5 Å². The number of carbonyl (C=O) groups is 1. The van der Waals surface area contributed by atoms with Crippen LogP contribution in [0.25, 0.3) is 0 Å². The van der Waals surface area contributed by atoms with E-state index in [2.05, 4.69) is 0 Å². The topological polar surface area (TPSA) is 35.5 Å². The van der Waals surface area contributed by atoms with Crippen LogP contribution in [0.1, 0.15) is 18.1 Å². The number of halogens is 1. The van der Waals surface area contributed by atoms with E-state index in [0.29, 0.717) is 19.6 Å². The molecule has 0 spiro atoms. The van der Waals surface area contributed by atoms with Crippen molar-refractivity contribution in [2.24, 2.45) is 5.92 Å². The van der Waals surface area contributed by atoms with Crippen molar-refractivity contribution >= 4 is 5.97 Å². The number of rotatable bonds is 9. The lowest BCUT2D eigenvalue weighted by Gasteiger charge is -2.14. The molecule has 0 bridgehead atoms. The smallest absolute Gasteiger partial charge is 0.366 e. The van der Waals surface area contributed by atoms with Gasteiger partial charge in [-0.3, -0.25) is 0 Å². The summed E-state index contributed by atoms with van der Waals surface area (Å²) >= 11 is 0. The molecule has 0 aromatic heterocycles. The zero-order chi connectivity index (χ0) is 17.9. The van der Waals surface area contributed by atoms with E-state index in [0.717, 1.165) is 11.1 Å². The average Bonchev–Trinajstić information content (AvgIpc) is 2.63. The molecule has 4 heteroatoms. The van der Waals surface area contributed by atoms with Gasteiger partial charge in [0.05, 0.1) is 19.8 Å². The third-order valence-corrected chi connectivity index (χ3v) is 3.64. The highest BCUT2D eigenvalue weighted by Crippen LogP contribution is 2.15. The molecule has 0 fully saturated rings. The standard InChI is InChI=1S/C21H23FO3/c1-2-25-21(23)20(22)14-19(13-17-9-5-3-6-10-17)16-24-15-18-11-7-4-8-12-18/h3-12,14,19H,2,13,15-16H2,1H3/t19-/m1/s1. The van der Waals surface area contributed by atoms with E-state index in [4.69, 9.17) is 9.47 Å². The summed E-state index contributed by atoms with van der Waals surface area (Å²) in [7, 11) is 0. The van der Waals surface area contributed by atoms with Gasteiger partial charge in [0.25, 0.3) is 0 Å². The lowest BCUT2D eigenvalue weighted by Crippen LogP contribution is -2.13. The number of carbonyl (C=O) groups excluding carboxylic acids is 1. The summed E-state index contributed by atoms with van der Waals surface area (Å²) in [6.45, 7) is 2.56. The molecule has 0 saturated carbocycles. The van der Waals surface area contributed by atoms with Crippen molar-refractivity contribution < 1.29 is 18.7 Å². The Morgan fingerprint density at radius 2 is 1.64 bits per heavy atom. The van der Waals surface area contributed by atoms with E-state index < -0.39 is 11.8 Å². The van der Waals surface area contributed by atoms with Gasteiger partial charge in [-0.15, -0.1) is 0 Å². The second-order valence-electron chi connectivity index (χ2n) is 5.69. The van der Waals surface area contributed by atoms with Crippen molar-refractivity contribution in [2.75, 3.05) is 13.2 Å². The molecule has 0 unspecified atom stereocenters. The van der Waals surface area contributed by atoms with Crippen molar-refractivity contribution in [3.8, 4) is 0 Å². The number of benzene rings is 2. The first-order valence-corrected chi connectivity index (χ1v) is 8.39. The van der Waals surface area contributed by atoms with Crippen LogP contribution < -0.4 is 0 Å². The highest BCUT2D eigenvalue weighted by Gasteiger charge is 2.15. The Balaban J connectivity index is 2.00. The molecule has 0 amide bonds. The molecule has 132 valence electrons. The summed E-state index contributed by atoms with van der Waals surface area (Å²) in [5.74, 6) is -2.05. The lowest BCUT2D eigenvalue weighted by atomic mass is 9.99. The highest BCUT2D eigenvalue weighted by molar-refractivity contribution is 5.85. The van der Waals surface area contributed by atoms with Gasteiger partial charge in [0, 0.05) is 5.92 Å². The van der Waals surface area contributed by atoms with Crippen molar-refractivity contribution in [1.29, 1.82) is 0 Å². The second-order valence-corrected chi connectivity index (χ2v) is 5.69. The summed E-state index contributed by atoms with van der Waals surface area (Å²) in [5, 5.41) is 0. The van der Waals surface area contributed by atoms with Gasteiger partial charge in [-0.1, -0.05) is 60.7 Å². The first-order chi connectivity index (χ1) is 12.2. The molecular weight excluding hydrogens is 319 g/mol. The van der Waals surface area contributed by atoms with E-state index in [1.165, 1.54) is 6.08 Å². The fraction of sp³-hybridized carbons (Fsp3) is 0.286. The molecule has 25 heavy (non-hydrogen) atoms. The SMILES string of the molecule is CCOC(=O)C(F)=C[C@H](COCc1ccccc1)Cc1ccccc1. The van der Waals surface area contributed by atoms with E-state index in [-0.39, 0.29) is 12.5 Å². The van der Waals surface area contributed by atoms with Gasteiger partial charge < -0.3 is 9.47 Å². The molecule has 1 atom stereocenters.